The lowest BCUT2D eigenvalue weighted by molar-refractivity contribution is 0.466. The van der Waals surface area contributed by atoms with Gasteiger partial charge >= 0.3 is 0 Å². The van der Waals surface area contributed by atoms with Crippen LogP contribution in [0.25, 0.3) is 0 Å². The first kappa shape index (κ1) is 7.43. The molecule has 2 rings (SSSR count). The summed E-state index contributed by atoms with van der Waals surface area (Å²) >= 11 is 5.54. The standard InChI is InChI=1S/C8H6ClNO2/c9-7-5-10-8(12-7)4-6-2-1-3-11-6/h1-3,5H,4H2. The normalized spacial score (nSPS) is 10.4. The quantitative estimate of drug-likeness (QED) is 0.718. The minimum Gasteiger partial charge on any atom is -0.469 e. The number of hydrogen-bond donors (Lipinski definition) is 0. The first-order valence-electron chi connectivity index (χ1n) is 3.47. The van der Waals surface area contributed by atoms with E-state index in [4.69, 9.17) is 20.4 Å². The van der Waals surface area contributed by atoms with Gasteiger partial charge in [0.15, 0.2) is 0 Å². The molecule has 0 spiro atoms. The van der Waals surface area contributed by atoms with Gasteiger partial charge in [0.25, 0.3) is 0 Å². The third-order valence-electron chi connectivity index (χ3n) is 1.43. The number of hydrogen-bond acceptors (Lipinski definition) is 3. The highest BCUT2D eigenvalue weighted by Crippen LogP contribution is 2.13. The molecule has 3 nitrogen and oxygen atoms in total. The third kappa shape index (κ3) is 1.51. The van der Waals surface area contributed by atoms with Crippen LogP contribution in [0.2, 0.25) is 5.22 Å². The molecule has 4 heteroatoms. The van der Waals surface area contributed by atoms with E-state index in [0.717, 1.165) is 5.76 Å². The lowest BCUT2D eigenvalue weighted by Crippen LogP contribution is -1.83. The van der Waals surface area contributed by atoms with Crippen molar-refractivity contribution in [2.45, 2.75) is 6.42 Å². The summed E-state index contributed by atoms with van der Waals surface area (Å²) in [7, 11) is 0. The van der Waals surface area contributed by atoms with Gasteiger partial charge in [0.1, 0.15) is 5.76 Å². The van der Waals surface area contributed by atoms with Gasteiger partial charge in [0, 0.05) is 0 Å². The van der Waals surface area contributed by atoms with Crippen LogP contribution in [0.5, 0.6) is 0 Å². The van der Waals surface area contributed by atoms with Crippen LogP contribution in [0, 0.1) is 0 Å². The van der Waals surface area contributed by atoms with Crippen LogP contribution in [-0.2, 0) is 6.42 Å². The predicted octanol–water partition coefficient (Wildman–Crippen LogP) is 2.51. The van der Waals surface area contributed by atoms with Crippen LogP contribution in [0.4, 0.5) is 0 Å². The molecule has 0 unspecified atom stereocenters. The van der Waals surface area contributed by atoms with E-state index < -0.39 is 0 Å². The fourth-order valence-electron chi connectivity index (χ4n) is 0.932. The van der Waals surface area contributed by atoms with Gasteiger partial charge in [0.05, 0.1) is 18.9 Å². The Morgan fingerprint density at radius 2 is 2.42 bits per heavy atom. The Morgan fingerprint density at radius 3 is 3.00 bits per heavy atom. The van der Waals surface area contributed by atoms with Crippen molar-refractivity contribution in [3.05, 3.63) is 41.5 Å². The molecule has 0 aliphatic carbocycles. The van der Waals surface area contributed by atoms with Crippen LogP contribution in [0.3, 0.4) is 0 Å². The van der Waals surface area contributed by atoms with Gasteiger partial charge in [-0.15, -0.1) is 0 Å². The third-order valence-corrected chi connectivity index (χ3v) is 1.61. The topological polar surface area (TPSA) is 39.2 Å². The number of halogens is 1. The Morgan fingerprint density at radius 1 is 1.50 bits per heavy atom. The van der Waals surface area contributed by atoms with Crippen LogP contribution in [0.1, 0.15) is 11.7 Å². The Bertz CT molecular complexity index is 353. The summed E-state index contributed by atoms with van der Waals surface area (Å²) in [5, 5.41) is 0.302. The maximum Gasteiger partial charge on any atom is 0.213 e. The summed E-state index contributed by atoms with van der Waals surface area (Å²) in [4.78, 5) is 3.93. The fourth-order valence-corrected chi connectivity index (χ4v) is 1.07. The van der Waals surface area contributed by atoms with Gasteiger partial charge in [-0.1, -0.05) is 0 Å². The fraction of sp³-hybridized carbons (Fsp3) is 0.125. The molecule has 0 fully saturated rings. The molecule has 0 saturated heterocycles. The molecule has 0 saturated carbocycles. The van der Waals surface area contributed by atoms with E-state index >= 15 is 0 Å². The number of rotatable bonds is 2. The molecule has 0 bridgehead atoms. The molecule has 0 aliphatic rings. The van der Waals surface area contributed by atoms with Crippen molar-refractivity contribution in [3.63, 3.8) is 0 Å². The van der Waals surface area contributed by atoms with Crippen LogP contribution in [-0.4, -0.2) is 4.98 Å². The molecule has 2 aromatic rings. The molecule has 0 N–H and O–H groups in total. The molecule has 0 aliphatic heterocycles. The van der Waals surface area contributed by atoms with E-state index in [1.807, 2.05) is 12.1 Å². The van der Waals surface area contributed by atoms with Gasteiger partial charge in [-0.2, -0.15) is 0 Å². The van der Waals surface area contributed by atoms with Crippen LogP contribution < -0.4 is 0 Å². The van der Waals surface area contributed by atoms with Crippen molar-refractivity contribution in [1.29, 1.82) is 0 Å². The summed E-state index contributed by atoms with van der Waals surface area (Å²) in [5.41, 5.74) is 0. The van der Waals surface area contributed by atoms with Crippen LogP contribution >= 0.6 is 11.6 Å². The largest absolute Gasteiger partial charge is 0.469 e. The Kier molecular flexibility index (Phi) is 1.87. The first-order valence-corrected chi connectivity index (χ1v) is 3.85. The summed E-state index contributed by atoms with van der Waals surface area (Å²) < 4.78 is 10.2. The highest BCUT2D eigenvalue weighted by atomic mass is 35.5. The lowest BCUT2D eigenvalue weighted by atomic mass is 10.3. The van der Waals surface area contributed by atoms with E-state index in [-0.39, 0.29) is 0 Å². The molecule has 62 valence electrons. The highest BCUT2D eigenvalue weighted by molar-refractivity contribution is 6.28. The van der Waals surface area contributed by atoms with Gasteiger partial charge < -0.3 is 8.83 Å². The summed E-state index contributed by atoms with van der Waals surface area (Å²) in [6, 6.07) is 3.68. The maximum atomic E-state index is 5.54. The minimum atomic E-state index is 0.302. The van der Waals surface area contributed by atoms with Crippen molar-refractivity contribution in [2.24, 2.45) is 0 Å². The molecule has 12 heavy (non-hydrogen) atoms. The zero-order chi connectivity index (χ0) is 8.39. The second kappa shape index (κ2) is 3.03. The summed E-state index contributed by atoms with van der Waals surface area (Å²) in [5.74, 6) is 1.38. The van der Waals surface area contributed by atoms with Gasteiger partial charge in [-0.3, -0.25) is 0 Å². The lowest BCUT2D eigenvalue weighted by Gasteiger charge is -1.88. The number of furan rings is 1. The Labute approximate surface area is 74.0 Å². The SMILES string of the molecule is Clc1cnc(Cc2ccco2)o1. The first-order chi connectivity index (χ1) is 5.84. The van der Waals surface area contributed by atoms with Crippen molar-refractivity contribution in [3.8, 4) is 0 Å². The molecule has 0 aromatic carbocycles. The second-order valence-electron chi connectivity index (χ2n) is 2.31. The summed E-state index contributed by atoms with van der Waals surface area (Å²) in [6.07, 6.45) is 3.62. The van der Waals surface area contributed by atoms with E-state index in [9.17, 15) is 0 Å². The molecule has 2 aromatic heterocycles. The van der Waals surface area contributed by atoms with E-state index in [2.05, 4.69) is 4.98 Å². The van der Waals surface area contributed by atoms with Crippen molar-refractivity contribution in [1.82, 2.24) is 4.98 Å². The molecule has 0 atom stereocenters. The smallest absolute Gasteiger partial charge is 0.213 e. The predicted molar refractivity (Wildman–Crippen MR) is 43.0 cm³/mol. The zero-order valence-electron chi connectivity index (χ0n) is 6.16. The van der Waals surface area contributed by atoms with Gasteiger partial charge in [-0.05, 0) is 23.7 Å². The number of nitrogens with zero attached hydrogens (tertiary/aromatic N) is 1. The highest BCUT2D eigenvalue weighted by Gasteiger charge is 2.04. The molecule has 0 amide bonds. The molecular weight excluding hydrogens is 178 g/mol. The number of oxazole rings is 1. The molecule has 0 radical (unpaired) electrons. The van der Waals surface area contributed by atoms with Crippen molar-refractivity contribution < 1.29 is 8.83 Å². The average molecular weight is 184 g/mol. The van der Waals surface area contributed by atoms with Gasteiger partial charge in [0.2, 0.25) is 11.1 Å². The van der Waals surface area contributed by atoms with Crippen molar-refractivity contribution in [2.75, 3.05) is 0 Å². The second-order valence-corrected chi connectivity index (χ2v) is 2.69. The van der Waals surface area contributed by atoms with E-state index in [1.54, 1.807) is 6.26 Å². The van der Waals surface area contributed by atoms with Crippen LogP contribution in [0.15, 0.2) is 33.4 Å². The molecular formula is C8H6ClNO2. The summed E-state index contributed by atoms with van der Waals surface area (Å²) in [6.45, 7) is 0. The Balaban J connectivity index is 2.14. The van der Waals surface area contributed by atoms with Crippen molar-refractivity contribution >= 4 is 11.6 Å². The van der Waals surface area contributed by atoms with Gasteiger partial charge in [-0.25, -0.2) is 4.98 Å². The maximum absolute atomic E-state index is 5.54. The number of aromatic nitrogens is 1. The average Bonchev–Trinajstić information content (AvgIpc) is 2.63. The zero-order valence-corrected chi connectivity index (χ0v) is 6.91. The van der Waals surface area contributed by atoms with E-state index in [0.29, 0.717) is 17.5 Å². The van der Waals surface area contributed by atoms with E-state index in [1.165, 1.54) is 6.20 Å². The molecule has 2 heterocycles. The monoisotopic (exact) mass is 183 g/mol. The Hall–Kier alpha value is -1.22. The minimum absolute atomic E-state index is 0.302.